The van der Waals surface area contributed by atoms with Crippen LogP contribution >= 0.6 is 0 Å². The molecule has 1 N–H and O–H groups in total. The summed E-state index contributed by atoms with van der Waals surface area (Å²) in [4.78, 5) is 12.0. The molecule has 88 valence electrons. The predicted octanol–water partition coefficient (Wildman–Crippen LogP) is 1.69. The van der Waals surface area contributed by atoms with Crippen LogP contribution in [0.2, 0.25) is 0 Å². The van der Waals surface area contributed by atoms with Crippen molar-refractivity contribution in [3.8, 4) is 11.4 Å². The van der Waals surface area contributed by atoms with Crippen molar-refractivity contribution < 1.29 is 18.1 Å². The average Bonchev–Trinajstić information content (AvgIpc) is 2.52. The largest absolute Gasteiger partial charge is 0.508 e. The lowest BCUT2D eigenvalue weighted by molar-refractivity contribution is 0.184. The molecule has 4 heteroatoms. The van der Waals surface area contributed by atoms with Crippen molar-refractivity contribution in [2.24, 2.45) is 0 Å². The molecule has 17 heavy (non-hydrogen) atoms. The van der Waals surface area contributed by atoms with E-state index in [1.807, 2.05) is 0 Å². The molecule has 0 aliphatic heterocycles. The predicted molar refractivity (Wildman–Crippen MR) is 64.4 cm³/mol. The first-order valence-electron chi connectivity index (χ1n) is 7.69. The Hall–Kier alpha value is -2.07. The molecule has 0 atom stereocenters. The lowest BCUT2D eigenvalue weighted by Crippen LogP contribution is -2.17. The number of nitrogens with zero attached hydrogens (tertiary/aromatic N) is 1. The van der Waals surface area contributed by atoms with Gasteiger partial charge in [-0.2, -0.15) is 0 Å². The summed E-state index contributed by atoms with van der Waals surface area (Å²) in [7, 11) is 1.14. The van der Waals surface area contributed by atoms with E-state index in [4.69, 9.17) is 13.0 Å². The summed E-state index contributed by atoms with van der Waals surface area (Å²) in [5.74, 6) is -0.819. The molecule has 0 fully saturated rings. The quantitative estimate of drug-likeness (QED) is 0.883. The molecular formula is C13H13NO3. The summed E-state index contributed by atoms with van der Waals surface area (Å²) in [6.07, 6.45) is 1.05. The number of hydrogen-bond acceptors (Lipinski definition) is 3. The highest BCUT2D eigenvalue weighted by atomic mass is 16.5. The fourth-order valence-electron chi connectivity index (χ4n) is 1.26. The molecule has 0 spiro atoms. The van der Waals surface area contributed by atoms with Crippen LogP contribution in [0.1, 0.15) is 13.8 Å². The lowest BCUT2D eigenvalue weighted by atomic mass is 10.2. The Bertz CT molecular complexity index is 804. The summed E-state index contributed by atoms with van der Waals surface area (Å²) in [5, 5.41) is 9.55. The molecule has 1 heterocycles. The van der Waals surface area contributed by atoms with Gasteiger partial charge in [0.2, 0.25) is 0 Å². The zero-order chi connectivity index (χ0) is 17.5. The molecule has 0 aliphatic rings. The standard InChI is InChI=1S/C13H13NO3/c1-17-9-10-2-7-13(16)14(8-10)11-3-5-12(15)6-4-11/h2-8,15H,9H2,1H3/i3D,4D,5D,6D,9D2. The van der Waals surface area contributed by atoms with Gasteiger partial charge in [-0.15, -0.1) is 0 Å². The number of benzene rings is 1. The minimum absolute atomic E-state index is 0.0375. The molecule has 1 aromatic heterocycles. The highest BCUT2D eigenvalue weighted by Crippen LogP contribution is 2.12. The van der Waals surface area contributed by atoms with Crippen LogP contribution < -0.4 is 5.56 Å². The number of aromatic nitrogens is 1. The Labute approximate surface area is 107 Å². The first-order chi connectivity index (χ1) is 10.6. The maximum atomic E-state index is 12.0. The summed E-state index contributed by atoms with van der Waals surface area (Å²) in [6, 6.07) is -0.354. The number of rotatable bonds is 3. The van der Waals surface area contributed by atoms with Crippen molar-refractivity contribution in [2.45, 2.75) is 6.56 Å². The summed E-state index contributed by atoms with van der Waals surface area (Å²) in [5.41, 5.74) is -1.09. The van der Waals surface area contributed by atoms with E-state index < -0.39 is 42.0 Å². The number of phenolic OH excluding ortho intramolecular Hbond substituents is 1. The number of hydrogen-bond donors (Lipinski definition) is 1. The number of methoxy groups -OCH3 is 1. The first-order valence-corrected chi connectivity index (χ1v) is 4.69. The molecule has 0 amide bonds. The SMILES string of the molecule is [2H]c1c([2H])c(-n2cc(C([2H])([2H])OC)ccc2=O)c([2H])c([2H])c1O. The minimum atomic E-state index is -2.20. The third-order valence-electron chi connectivity index (χ3n) is 1.97. The van der Waals surface area contributed by atoms with Gasteiger partial charge >= 0.3 is 0 Å². The molecule has 0 radical (unpaired) electrons. The molecule has 0 bridgehead atoms. The molecule has 0 saturated carbocycles. The second-order valence-electron chi connectivity index (χ2n) is 3.13. The van der Waals surface area contributed by atoms with Gasteiger partial charge in [0.15, 0.2) is 0 Å². The molecular weight excluding hydrogens is 218 g/mol. The number of aromatic hydroxyl groups is 1. The van der Waals surface area contributed by atoms with Gasteiger partial charge in [-0.1, -0.05) is 0 Å². The summed E-state index contributed by atoms with van der Waals surface area (Å²) >= 11 is 0. The van der Waals surface area contributed by atoms with Crippen molar-refractivity contribution in [1.82, 2.24) is 4.57 Å². The minimum Gasteiger partial charge on any atom is -0.508 e. The highest BCUT2D eigenvalue weighted by Gasteiger charge is 2.01. The molecule has 0 saturated heterocycles. The lowest BCUT2D eigenvalue weighted by Gasteiger charge is -2.07. The van der Waals surface area contributed by atoms with Crippen LogP contribution in [0.15, 0.2) is 47.3 Å². The number of phenols is 1. The Morgan fingerprint density at radius 1 is 1.41 bits per heavy atom. The third kappa shape index (κ3) is 2.54. The maximum Gasteiger partial charge on any atom is 0.255 e. The molecule has 4 nitrogen and oxygen atoms in total. The second-order valence-corrected chi connectivity index (χ2v) is 3.13. The van der Waals surface area contributed by atoms with E-state index in [1.165, 1.54) is 6.07 Å². The van der Waals surface area contributed by atoms with Crippen LogP contribution in [0.4, 0.5) is 0 Å². The van der Waals surface area contributed by atoms with Gasteiger partial charge in [0.05, 0.1) is 14.8 Å². The van der Waals surface area contributed by atoms with Crippen LogP contribution in [0.5, 0.6) is 5.75 Å². The van der Waals surface area contributed by atoms with E-state index in [1.54, 1.807) is 0 Å². The van der Waals surface area contributed by atoms with Crippen molar-refractivity contribution in [3.05, 3.63) is 58.4 Å². The van der Waals surface area contributed by atoms with Gasteiger partial charge in [0.25, 0.3) is 5.56 Å². The van der Waals surface area contributed by atoms with Crippen molar-refractivity contribution in [2.75, 3.05) is 7.11 Å². The summed E-state index contributed by atoms with van der Waals surface area (Å²) < 4.78 is 51.8. The van der Waals surface area contributed by atoms with E-state index in [-0.39, 0.29) is 11.3 Å². The Kier molecular flexibility index (Phi) is 1.72. The highest BCUT2D eigenvalue weighted by molar-refractivity contribution is 5.37. The monoisotopic (exact) mass is 237 g/mol. The molecule has 2 rings (SSSR count). The zero-order valence-electron chi connectivity index (χ0n) is 14.9. The summed E-state index contributed by atoms with van der Waals surface area (Å²) in [6.45, 7) is -2.20. The number of pyridine rings is 1. The van der Waals surface area contributed by atoms with Crippen molar-refractivity contribution >= 4 is 0 Å². The van der Waals surface area contributed by atoms with Crippen LogP contribution in [0.25, 0.3) is 5.69 Å². The van der Waals surface area contributed by atoms with E-state index in [9.17, 15) is 9.90 Å². The average molecular weight is 237 g/mol. The molecule has 0 unspecified atom stereocenters. The Balaban J connectivity index is 2.83. The van der Waals surface area contributed by atoms with Crippen molar-refractivity contribution in [3.63, 3.8) is 0 Å². The Morgan fingerprint density at radius 2 is 2.12 bits per heavy atom. The van der Waals surface area contributed by atoms with E-state index in [2.05, 4.69) is 0 Å². The van der Waals surface area contributed by atoms with Gasteiger partial charge in [0.1, 0.15) is 5.75 Å². The Morgan fingerprint density at radius 3 is 2.76 bits per heavy atom. The zero-order valence-corrected chi connectivity index (χ0v) is 8.94. The van der Waals surface area contributed by atoms with Crippen molar-refractivity contribution in [1.29, 1.82) is 0 Å². The first kappa shape index (κ1) is 6.02. The van der Waals surface area contributed by atoms with E-state index in [0.29, 0.717) is 0 Å². The fraction of sp³-hybridized carbons (Fsp3) is 0.154. The number of ether oxygens (including phenoxy) is 1. The fourth-order valence-corrected chi connectivity index (χ4v) is 1.26. The van der Waals surface area contributed by atoms with E-state index in [0.717, 1.165) is 23.9 Å². The molecule has 1 aromatic carbocycles. The maximum absolute atomic E-state index is 12.0. The molecule has 2 aromatic rings. The third-order valence-corrected chi connectivity index (χ3v) is 1.97. The van der Waals surface area contributed by atoms with Gasteiger partial charge in [-0.25, -0.2) is 0 Å². The topological polar surface area (TPSA) is 51.5 Å². The van der Waals surface area contributed by atoms with Gasteiger partial charge in [0, 0.05) is 25.1 Å². The van der Waals surface area contributed by atoms with Crippen LogP contribution in [0.3, 0.4) is 0 Å². The van der Waals surface area contributed by atoms with Gasteiger partial charge in [-0.05, 0) is 35.8 Å². The smallest absolute Gasteiger partial charge is 0.255 e. The van der Waals surface area contributed by atoms with Crippen LogP contribution in [-0.2, 0) is 11.3 Å². The second kappa shape index (κ2) is 4.84. The van der Waals surface area contributed by atoms with Gasteiger partial charge in [-0.3, -0.25) is 9.36 Å². The van der Waals surface area contributed by atoms with Gasteiger partial charge < -0.3 is 9.84 Å². The van der Waals surface area contributed by atoms with Crippen LogP contribution in [-0.4, -0.2) is 16.8 Å². The van der Waals surface area contributed by atoms with Crippen LogP contribution in [0, 0.1) is 0 Å². The van der Waals surface area contributed by atoms with E-state index >= 15 is 0 Å². The molecule has 0 aliphatic carbocycles. The normalized spacial score (nSPS) is 16.3.